The molecule has 0 saturated heterocycles. The molecule has 0 aliphatic heterocycles. The number of nitrogens with zero attached hydrogens (tertiary/aromatic N) is 1. The van der Waals surface area contributed by atoms with Crippen LogP contribution < -0.4 is 11.1 Å². The minimum Gasteiger partial charge on any atom is -0.505 e. The molecular formula is C13H10ClN3O2S. The summed E-state index contributed by atoms with van der Waals surface area (Å²) in [7, 11) is 0. The summed E-state index contributed by atoms with van der Waals surface area (Å²) in [5.41, 5.74) is 6.55. The molecule has 2 rings (SSSR count). The van der Waals surface area contributed by atoms with E-state index in [9.17, 15) is 9.90 Å². The molecule has 5 nitrogen and oxygen atoms in total. The van der Waals surface area contributed by atoms with Crippen LogP contribution >= 0.6 is 23.8 Å². The lowest BCUT2D eigenvalue weighted by Gasteiger charge is -2.11. The van der Waals surface area contributed by atoms with Crippen LogP contribution in [0.15, 0.2) is 36.7 Å². The fourth-order valence-corrected chi connectivity index (χ4v) is 1.95. The van der Waals surface area contributed by atoms with Crippen molar-refractivity contribution in [2.75, 3.05) is 5.32 Å². The third-order valence-electron chi connectivity index (χ3n) is 2.54. The number of halogens is 1. The van der Waals surface area contributed by atoms with Gasteiger partial charge in [-0.2, -0.15) is 0 Å². The fourth-order valence-electron chi connectivity index (χ4n) is 1.60. The lowest BCUT2D eigenvalue weighted by atomic mass is 10.1. The van der Waals surface area contributed by atoms with Crippen molar-refractivity contribution in [3.05, 3.63) is 52.8 Å². The molecule has 1 aromatic carbocycles. The van der Waals surface area contributed by atoms with Crippen molar-refractivity contribution in [3.63, 3.8) is 0 Å². The maximum absolute atomic E-state index is 12.1. The van der Waals surface area contributed by atoms with Gasteiger partial charge in [0.15, 0.2) is 0 Å². The van der Waals surface area contributed by atoms with Crippen LogP contribution in [-0.2, 0) is 0 Å². The molecule has 0 fully saturated rings. The van der Waals surface area contributed by atoms with Gasteiger partial charge in [-0.15, -0.1) is 0 Å². The first-order valence-corrected chi connectivity index (χ1v) is 6.31. The number of aromatic hydroxyl groups is 1. The van der Waals surface area contributed by atoms with Crippen LogP contribution in [0, 0.1) is 0 Å². The van der Waals surface area contributed by atoms with Gasteiger partial charge in [-0.3, -0.25) is 9.78 Å². The fraction of sp³-hybridized carbons (Fsp3) is 0. The second kappa shape index (κ2) is 5.85. The molecule has 0 bridgehead atoms. The molecule has 1 aromatic heterocycles. The standard InChI is InChI=1S/C13H10ClN3O2S/c14-7-1-2-8(12(15)20)10(5-7)17-13(19)9-3-4-16-6-11(9)18/h1-6,18H,(H2,15,20)(H,17,19). The van der Waals surface area contributed by atoms with Crippen LogP contribution in [0.5, 0.6) is 5.75 Å². The Labute approximate surface area is 125 Å². The van der Waals surface area contributed by atoms with E-state index in [-0.39, 0.29) is 16.3 Å². The van der Waals surface area contributed by atoms with Gasteiger partial charge in [-0.1, -0.05) is 23.8 Å². The predicted molar refractivity (Wildman–Crippen MR) is 81.2 cm³/mol. The molecule has 20 heavy (non-hydrogen) atoms. The molecule has 0 radical (unpaired) electrons. The van der Waals surface area contributed by atoms with Crippen molar-refractivity contribution in [2.45, 2.75) is 0 Å². The molecule has 1 amide bonds. The zero-order valence-electron chi connectivity index (χ0n) is 10.1. The summed E-state index contributed by atoms with van der Waals surface area (Å²) >= 11 is 10.8. The van der Waals surface area contributed by atoms with Gasteiger partial charge in [0.1, 0.15) is 10.7 Å². The van der Waals surface area contributed by atoms with Crippen molar-refractivity contribution in [3.8, 4) is 5.75 Å². The lowest BCUT2D eigenvalue weighted by Crippen LogP contribution is -2.17. The molecule has 2 aromatic rings. The molecule has 0 aliphatic carbocycles. The number of nitrogens with one attached hydrogen (secondary N) is 1. The van der Waals surface area contributed by atoms with E-state index in [1.54, 1.807) is 12.1 Å². The van der Waals surface area contributed by atoms with Gasteiger partial charge in [0, 0.05) is 16.8 Å². The summed E-state index contributed by atoms with van der Waals surface area (Å²) in [5.74, 6) is -0.728. The third-order valence-corrected chi connectivity index (χ3v) is 2.99. The summed E-state index contributed by atoms with van der Waals surface area (Å²) < 4.78 is 0. The van der Waals surface area contributed by atoms with Crippen molar-refractivity contribution in [1.29, 1.82) is 0 Å². The summed E-state index contributed by atoms with van der Waals surface area (Å²) in [6.45, 7) is 0. The van der Waals surface area contributed by atoms with E-state index < -0.39 is 5.91 Å². The minimum absolute atomic E-state index is 0.0915. The highest BCUT2D eigenvalue weighted by Crippen LogP contribution is 2.23. The molecule has 102 valence electrons. The summed E-state index contributed by atoms with van der Waals surface area (Å²) in [4.78, 5) is 15.9. The Kier molecular flexibility index (Phi) is 4.16. The molecule has 0 atom stereocenters. The quantitative estimate of drug-likeness (QED) is 0.757. The van der Waals surface area contributed by atoms with Gasteiger partial charge in [0.2, 0.25) is 0 Å². The molecule has 0 aliphatic rings. The topological polar surface area (TPSA) is 88.2 Å². The number of benzene rings is 1. The highest BCUT2D eigenvalue weighted by Gasteiger charge is 2.14. The third kappa shape index (κ3) is 3.04. The molecule has 0 saturated carbocycles. The second-order valence-corrected chi connectivity index (χ2v) is 4.78. The van der Waals surface area contributed by atoms with Crippen LogP contribution in [0.3, 0.4) is 0 Å². The summed E-state index contributed by atoms with van der Waals surface area (Å²) in [6, 6.07) is 6.17. The monoisotopic (exact) mass is 307 g/mol. The Morgan fingerprint density at radius 3 is 2.75 bits per heavy atom. The van der Waals surface area contributed by atoms with Gasteiger partial charge in [-0.05, 0) is 24.3 Å². The summed E-state index contributed by atoms with van der Waals surface area (Å²) in [6.07, 6.45) is 2.59. The van der Waals surface area contributed by atoms with Gasteiger partial charge in [-0.25, -0.2) is 0 Å². The number of pyridine rings is 1. The van der Waals surface area contributed by atoms with E-state index >= 15 is 0 Å². The SMILES string of the molecule is NC(=S)c1ccc(Cl)cc1NC(=O)c1ccncc1O. The first kappa shape index (κ1) is 14.2. The average molecular weight is 308 g/mol. The van der Waals surface area contributed by atoms with Gasteiger partial charge < -0.3 is 16.2 Å². The number of hydrogen-bond acceptors (Lipinski definition) is 4. The first-order chi connectivity index (χ1) is 9.49. The van der Waals surface area contributed by atoms with Crippen LogP contribution in [0.1, 0.15) is 15.9 Å². The molecule has 4 N–H and O–H groups in total. The molecule has 1 heterocycles. The number of carbonyl (C=O) groups is 1. The largest absolute Gasteiger partial charge is 0.505 e. The summed E-state index contributed by atoms with van der Waals surface area (Å²) in [5, 5.41) is 12.6. The number of anilines is 1. The smallest absolute Gasteiger partial charge is 0.259 e. The molecule has 0 unspecified atom stereocenters. The lowest BCUT2D eigenvalue weighted by molar-refractivity contribution is 0.102. The Hall–Kier alpha value is -2.18. The molecular weight excluding hydrogens is 298 g/mol. The van der Waals surface area contributed by atoms with Crippen molar-refractivity contribution >= 4 is 40.4 Å². The average Bonchev–Trinajstić information content (AvgIpc) is 2.38. The number of amides is 1. The Morgan fingerprint density at radius 1 is 1.35 bits per heavy atom. The number of aromatic nitrogens is 1. The molecule has 0 spiro atoms. The van der Waals surface area contributed by atoms with E-state index in [4.69, 9.17) is 29.6 Å². The van der Waals surface area contributed by atoms with Gasteiger partial charge in [0.05, 0.1) is 17.4 Å². The van der Waals surface area contributed by atoms with E-state index in [1.807, 2.05) is 0 Å². The number of thiocarbonyl (C=S) groups is 1. The normalized spacial score (nSPS) is 10.1. The van der Waals surface area contributed by atoms with Crippen molar-refractivity contribution in [1.82, 2.24) is 4.98 Å². The number of hydrogen-bond donors (Lipinski definition) is 3. The van der Waals surface area contributed by atoms with E-state index in [1.165, 1.54) is 24.5 Å². The maximum atomic E-state index is 12.1. The van der Waals surface area contributed by atoms with Crippen molar-refractivity contribution < 1.29 is 9.90 Å². The minimum atomic E-state index is -0.510. The molecule has 7 heteroatoms. The van der Waals surface area contributed by atoms with Crippen LogP contribution in [-0.4, -0.2) is 21.0 Å². The van der Waals surface area contributed by atoms with E-state index in [0.29, 0.717) is 16.3 Å². The van der Waals surface area contributed by atoms with Gasteiger partial charge >= 0.3 is 0 Å². The highest BCUT2D eigenvalue weighted by atomic mass is 35.5. The van der Waals surface area contributed by atoms with Crippen LogP contribution in [0.25, 0.3) is 0 Å². The van der Waals surface area contributed by atoms with Crippen LogP contribution in [0.4, 0.5) is 5.69 Å². The zero-order chi connectivity index (χ0) is 14.7. The van der Waals surface area contributed by atoms with E-state index in [2.05, 4.69) is 10.3 Å². The Morgan fingerprint density at radius 2 is 2.10 bits per heavy atom. The number of rotatable bonds is 3. The zero-order valence-corrected chi connectivity index (χ0v) is 11.7. The number of nitrogens with two attached hydrogens (primary N) is 1. The predicted octanol–water partition coefficient (Wildman–Crippen LogP) is 2.33. The van der Waals surface area contributed by atoms with Crippen LogP contribution in [0.2, 0.25) is 5.02 Å². The second-order valence-electron chi connectivity index (χ2n) is 3.90. The van der Waals surface area contributed by atoms with E-state index in [0.717, 1.165) is 0 Å². The Balaban J connectivity index is 2.35. The number of carbonyl (C=O) groups excluding carboxylic acids is 1. The van der Waals surface area contributed by atoms with Crippen molar-refractivity contribution in [2.24, 2.45) is 5.73 Å². The van der Waals surface area contributed by atoms with Gasteiger partial charge in [0.25, 0.3) is 5.91 Å². The maximum Gasteiger partial charge on any atom is 0.259 e. The first-order valence-electron chi connectivity index (χ1n) is 5.52. The highest BCUT2D eigenvalue weighted by molar-refractivity contribution is 7.80. The Bertz CT molecular complexity index is 691.